The van der Waals surface area contributed by atoms with Gasteiger partial charge in [0.1, 0.15) is 41.4 Å². The van der Waals surface area contributed by atoms with Crippen LogP contribution >= 0.6 is 0 Å². The van der Waals surface area contributed by atoms with Crippen LogP contribution in [0, 0.1) is 11.7 Å². The number of aromatic nitrogens is 4. The van der Waals surface area contributed by atoms with Crippen LogP contribution in [0.5, 0.6) is 17.6 Å². The van der Waals surface area contributed by atoms with E-state index >= 15 is 4.39 Å². The van der Waals surface area contributed by atoms with Crippen molar-refractivity contribution in [3.8, 4) is 28.9 Å². The fraction of sp³-hybridized carbons (Fsp3) is 0.533. The molecule has 3 aromatic heterocycles. The fourth-order valence-electron chi connectivity index (χ4n) is 9.79. The predicted octanol–water partition coefficient (Wildman–Crippen LogP) is 6.85. The van der Waals surface area contributed by atoms with E-state index in [2.05, 4.69) is 44.1 Å². The lowest BCUT2D eigenvalue weighted by Gasteiger charge is -2.34. The zero-order valence-electron chi connectivity index (χ0n) is 34.5. The number of piperazine rings is 1. The van der Waals surface area contributed by atoms with Crippen LogP contribution in [0.1, 0.15) is 83.5 Å². The van der Waals surface area contributed by atoms with Gasteiger partial charge in [0, 0.05) is 75.2 Å². The average molecular weight is 807 g/mol. The van der Waals surface area contributed by atoms with Crippen molar-refractivity contribution in [2.75, 3.05) is 50.8 Å². The fourth-order valence-corrected chi connectivity index (χ4v) is 9.79. The Kier molecular flexibility index (Phi) is 11.0. The Hall–Kier alpha value is -5.08. The molecule has 0 saturated carbocycles. The molecule has 0 aliphatic carbocycles. The largest absolute Gasteiger partial charge is 0.508 e. The first-order valence-corrected chi connectivity index (χ1v) is 21.5. The number of piperidine rings is 1. The van der Waals surface area contributed by atoms with Crippen LogP contribution in [0.2, 0.25) is 0 Å². The number of hydrogen-bond donors (Lipinski definition) is 2. The number of phenolic OH excluding ortho intramolecular Hbond substituents is 1. The summed E-state index contributed by atoms with van der Waals surface area (Å²) >= 11 is 0. The molecule has 4 aliphatic rings. The summed E-state index contributed by atoms with van der Waals surface area (Å²) in [7, 11) is 0. The number of anilines is 1. The molecule has 2 aromatic carbocycles. The smallest absolute Gasteiger partial charge is 0.319 e. The van der Waals surface area contributed by atoms with Gasteiger partial charge in [-0.25, -0.2) is 4.39 Å². The number of pyridine rings is 1. The number of likely N-dealkylation sites (tertiary alicyclic amines) is 2. The first kappa shape index (κ1) is 39.4. The summed E-state index contributed by atoms with van der Waals surface area (Å²) in [5.74, 6) is 0.861. The third-order valence-corrected chi connectivity index (χ3v) is 12.9. The lowest BCUT2D eigenvalue weighted by atomic mass is 9.91. The van der Waals surface area contributed by atoms with Gasteiger partial charge in [-0.15, -0.1) is 0 Å². The van der Waals surface area contributed by atoms with E-state index in [1.807, 2.05) is 36.9 Å². The van der Waals surface area contributed by atoms with Gasteiger partial charge in [-0.3, -0.25) is 14.7 Å². The van der Waals surface area contributed by atoms with Gasteiger partial charge in [0.15, 0.2) is 11.6 Å². The summed E-state index contributed by atoms with van der Waals surface area (Å²) in [4.78, 5) is 34.3. The second kappa shape index (κ2) is 16.5. The Morgan fingerprint density at radius 3 is 2.58 bits per heavy atom. The van der Waals surface area contributed by atoms with E-state index in [0.717, 1.165) is 94.0 Å². The minimum Gasteiger partial charge on any atom is -0.508 e. The molecular formula is C45H55FN8O5. The van der Waals surface area contributed by atoms with Gasteiger partial charge in [0.05, 0.1) is 5.39 Å². The molecule has 59 heavy (non-hydrogen) atoms. The molecule has 4 fully saturated rings. The van der Waals surface area contributed by atoms with Crippen LogP contribution in [0.25, 0.3) is 32.9 Å². The van der Waals surface area contributed by atoms with E-state index in [0.29, 0.717) is 53.6 Å². The molecule has 9 rings (SSSR count). The number of aryl methyl sites for hydroxylation is 1. The molecular weight excluding hydrogens is 752 g/mol. The highest BCUT2D eigenvalue weighted by molar-refractivity contribution is 6.01. The minimum absolute atomic E-state index is 0.0273. The summed E-state index contributed by atoms with van der Waals surface area (Å²) in [6.07, 6.45) is 8.22. The molecule has 4 atom stereocenters. The zero-order chi connectivity index (χ0) is 40.8. The van der Waals surface area contributed by atoms with Crippen LogP contribution in [-0.2, 0) is 11.2 Å². The van der Waals surface area contributed by atoms with Gasteiger partial charge >= 0.3 is 6.01 Å². The van der Waals surface area contributed by atoms with Crippen LogP contribution in [0.4, 0.5) is 10.2 Å². The monoisotopic (exact) mass is 806 g/mol. The highest BCUT2D eigenvalue weighted by Gasteiger charge is 2.37. The molecule has 2 bridgehead atoms. The first-order chi connectivity index (χ1) is 28.6. The molecule has 14 heteroatoms. The maximum Gasteiger partial charge on any atom is 0.319 e. The number of hydrogen-bond acceptors (Lipinski definition) is 12. The molecule has 1 amide bonds. The number of aromatic hydroxyl groups is 1. The Labute approximate surface area is 344 Å². The number of benzene rings is 2. The molecule has 312 valence electrons. The van der Waals surface area contributed by atoms with Crippen LogP contribution in [0.15, 0.2) is 47.1 Å². The van der Waals surface area contributed by atoms with Crippen molar-refractivity contribution >= 4 is 33.4 Å². The number of carbonyl (C=O) groups excluding carboxylic acids is 1. The molecule has 4 saturated heterocycles. The van der Waals surface area contributed by atoms with Crippen molar-refractivity contribution in [3.05, 3.63) is 59.7 Å². The molecule has 0 radical (unpaired) electrons. The second-order valence-electron chi connectivity index (χ2n) is 17.2. The van der Waals surface area contributed by atoms with Gasteiger partial charge in [-0.05, 0) is 91.4 Å². The van der Waals surface area contributed by atoms with Crippen LogP contribution < -0.4 is 19.7 Å². The molecule has 5 aromatic rings. The van der Waals surface area contributed by atoms with Crippen LogP contribution in [0.3, 0.4) is 0 Å². The third-order valence-electron chi connectivity index (χ3n) is 12.9. The molecule has 4 aliphatic heterocycles. The standard InChI is InChI=1S/C45H55FN8O5/c1-5-28-9-6-10-29-20-32(55)21-34(39(28)29)41-40(46)42-35(23-47-41)43(53-24-30-11-12-31(25-53)48-30)50-45(49-42)57-19-18-52-16-13-33(14-17-52)58-37-22-36(59-51-37)38(26(2)3)44(56)54-15-7-8-27(54)4/h6,9-10,20-23,26-27,30-31,33,38,48,55H,5,7-8,11-19,24-25H2,1-4H3. The maximum absolute atomic E-state index is 17.0. The SMILES string of the molecule is CCc1cccc2cc(O)cc(-c3ncc4c(N5CC6CCC(C5)N6)nc(OCCN5CCC(Oc6cc(C(C(=O)N7CCCC7C)C(C)C)on6)CC5)nc4c3F)c12. The van der Waals surface area contributed by atoms with Crippen molar-refractivity contribution in [1.29, 1.82) is 0 Å². The number of rotatable bonds is 12. The van der Waals surface area contributed by atoms with Gasteiger partial charge in [-0.1, -0.05) is 39.0 Å². The number of phenols is 1. The van der Waals surface area contributed by atoms with E-state index in [9.17, 15) is 9.90 Å². The van der Waals surface area contributed by atoms with E-state index in [4.69, 9.17) is 19.0 Å². The Morgan fingerprint density at radius 1 is 1.05 bits per heavy atom. The number of fused-ring (bicyclic) bond motifs is 4. The summed E-state index contributed by atoms with van der Waals surface area (Å²) < 4.78 is 35.2. The van der Waals surface area contributed by atoms with Gasteiger partial charge < -0.3 is 34.2 Å². The van der Waals surface area contributed by atoms with E-state index in [1.165, 1.54) is 0 Å². The average Bonchev–Trinajstić information content (AvgIpc) is 3.97. The topological polar surface area (TPSA) is 142 Å². The quantitative estimate of drug-likeness (QED) is 0.136. The lowest BCUT2D eigenvalue weighted by molar-refractivity contribution is -0.134. The van der Waals surface area contributed by atoms with Crippen molar-refractivity contribution in [2.45, 2.75) is 103 Å². The zero-order valence-corrected chi connectivity index (χ0v) is 34.5. The lowest BCUT2D eigenvalue weighted by Crippen LogP contribution is -2.51. The predicted molar refractivity (Wildman–Crippen MR) is 224 cm³/mol. The molecule has 2 N–H and O–H groups in total. The summed E-state index contributed by atoms with van der Waals surface area (Å²) in [5, 5.41) is 20.8. The van der Waals surface area contributed by atoms with Crippen molar-refractivity contribution < 1.29 is 28.3 Å². The van der Waals surface area contributed by atoms with Crippen LogP contribution in [-0.4, -0.2) is 111 Å². The van der Waals surface area contributed by atoms with Gasteiger partial charge in [0.2, 0.25) is 5.91 Å². The molecule has 0 spiro atoms. The number of amides is 1. The Morgan fingerprint density at radius 2 is 1.85 bits per heavy atom. The highest BCUT2D eigenvalue weighted by Crippen LogP contribution is 2.39. The van der Waals surface area contributed by atoms with E-state index in [-0.39, 0.29) is 52.9 Å². The normalized spacial score (nSPS) is 21.9. The highest BCUT2D eigenvalue weighted by atomic mass is 19.1. The number of carbonyl (C=O) groups is 1. The maximum atomic E-state index is 17.0. The summed E-state index contributed by atoms with van der Waals surface area (Å²) in [5.41, 5.74) is 1.85. The Bertz CT molecular complexity index is 2320. The third kappa shape index (κ3) is 7.88. The minimum atomic E-state index is -0.569. The Balaban J connectivity index is 0.891. The van der Waals surface area contributed by atoms with Crippen molar-refractivity contribution in [3.63, 3.8) is 0 Å². The van der Waals surface area contributed by atoms with E-state index < -0.39 is 5.82 Å². The first-order valence-electron chi connectivity index (χ1n) is 21.5. The van der Waals surface area contributed by atoms with Crippen molar-refractivity contribution in [1.82, 2.24) is 35.2 Å². The van der Waals surface area contributed by atoms with Gasteiger partial charge in [0.25, 0.3) is 5.88 Å². The number of nitrogens with one attached hydrogen (secondary N) is 1. The summed E-state index contributed by atoms with van der Waals surface area (Å²) in [6, 6.07) is 12.0. The number of halogens is 1. The molecule has 4 unspecified atom stereocenters. The number of ether oxygens (including phenoxy) is 2. The number of nitrogens with zero attached hydrogens (tertiary/aromatic N) is 7. The molecule has 13 nitrogen and oxygen atoms in total. The summed E-state index contributed by atoms with van der Waals surface area (Å²) in [6.45, 7) is 13.1. The van der Waals surface area contributed by atoms with Crippen molar-refractivity contribution in [2.24, 2.45) is 5.92 Å². The van der Waals surface area contributed by atoms with Gasteiger partial charge in [-0.2, -0.15) is 9.97 Å². The second-order valence-corrected chi connectivity index (χ2v) is 17.2. The van der Waals surface area contributed by atoms with E-state index in [1.54, 1.807) is 24.4 Å². The molecule has 7 heterocycles.